The van der Waals surface area contributed by atoms with Crippen LogP contribution in [0.15, 0.2) is 36.7 Å². The van der Waals surface area contributed by atoms with Crippen molar-refractivity contribution in [3.05, 3.63) is 42.2 Å². The van der Waals surface area contributed by atoms with E-state index in [0.29, 0.717) is 11.3 Å². The van der Waals surface area contributed by atoms with Gasteiger partial charge in [0.25, 0.3) is 0 Å². The fourth-order valence-electron chi connectivity index (χ4n) is 1.50. The van der Waals surface area contributed by atoms with E-state index < -0.39 is 12.1 Å². The maximum Gasteiger partial charge on any atom is 0.339 e. The number of rotatable bonds is 3. The summed E-state index contributed by atoms with van der Waals surface area (Å²) in [6, 6.07) is 6.88. The van der Waals surface area contributed by atoms with Crippen molar-refractivity contribution < 1.29 is 14.6 Å². The fraction of sp³-hybridized carbons (Fsp3) is 0.182. The highest BCUT2D eigenvalue weighted by Crippen LogP contribution is 2.21. The van der Waals surface area contributed by atoms with Crippen molar-refractivity contribution in [2.24, 2.45) is 0 Å². The van der Waals surface area contributed by atoms with E-state index >= 15 is 0 Å². The largest absolute Gasteiger partial charge is 0.467 e. The lowest BCUT2D eigenvalue weighted by Gasteiger charge is -2.12. The van der Waals surface area contributed by atoms with Crippen molar-refractivity contribution in [1.82, 2.24) is 15.0 Å². The minimum Gasteiger partial charge on any atom is -0.467 e. The van der Waals surface area contributed by atoms with Crippen LogP contribution in [0.4, 0.5) is 0 Å². The number of hydrogen-bond acceptors (Lipinski definition) is 5. The van der Waals surface area contributed by atoms with Gasteiger partial charge in [0.1, 0.15) is 0 Å². The number of nitrogens with zero attached hydrogens (tertiary/aromatic N) is 3. The quantitative estimate of drug-likeness (QED) is 0.780. The van der Waals surface area contributed by atoms with Crippen LogP contribution < -0.4 is 0 Å². The van der Waals surface area contributed by atoms with Gasteiger partial charge in [0, 0.05) is 5.56 Å². The number of esters is 1. The molecule has 0 saturated carbocycles. The molecule has 1 aromatic heterocycles. The van der Waals surface area contributed by atoms with Gasteiger partial charge < -0.3 is 9.84 Å². The van der Waals surface area contributed by atoms with Crippen LogP contribution in [0.2, 0.25) is 0 Å². The zero-order valence-electron chi connectivity index (χ0n) is 9.15. The van der Waals surface area contributed by atoms with Crippen molar-refractivity contribution in [2.45, 2.75) is 6.10 Å². The Kier molecular flexibility index (Phi) is 3.15. The number of ether oxygens (including phenoxy) is 1. The summed E-state index contributed by atoms with van der Waals surface area (Å²) in [6.07, 6.45) is 1.81. The molecule has 0 aliphatic carbocycles. The molecule has 17 heavy (non-hydrogen) atoms. The average molecular weight is 233 g/mol. The minimum absolute atomic E-state index is 0.421. The van der Waals surface area contributed by atoms with Gasteiger partial charge in [-0.2, -0.15) is 0 Å². The summed E-state index contributed by atoms with van der Waals surface area (Å²) in [5.41, 5.74) is 1.01. The number of aliphatic hydroxyl groups excluding tert-OH is 1. The van der Waals surface area contributed by atoms with Crippen LogP contribution >= 0.6 is 0 Å². The molecule has 88 valence electrons. The van der Waals surface area contributed by atoms with Gasteiger partial charge in [-0.05, 0) is 6.07 Å². The first-order valence-electron chi connectivity index (χ1n) is 4.95. The number of aliphatic hydroxyl groups is 1. The molecule has 0 fully saturated rings. The fourth-order valence-corrected chi connectivity index (χ4v) is 1.50. The van der Waals surface area contributed by atoms with Gasteiger partial charge in [-0.3, -0.25) is 0 Å². The van der Waals surface area contributed by atoms with Crippen LogP contribution in [0, 0.1) is 0 Å². The first-order valence-corrected chi connectivity index (χ1v) is 4.95. The van der Waals surface area contributed by atoms with E-state index in [1.54, 1.807) is 30.5 Å². The van der Waals surface area contributed by atoms with E-state index in [4.69, 9.17) is 0 Å². The number of carbonyl (C=O) groups excluding carboxylic acids is 1. The smallest absolute Gasteiger partial charge is 0.339 e. The topological polar surface area (TPSA) is 77.2 Å². The van der Waals surface area contributed by atoms with Crippen LogP contribution in [0.1, 0.15) is 11.7 Å². The van der Waals surface area contributed by atoms with Crippen LogP contribution in [-0.2, 0) is 9.53 Å². The molecule has 0 amide bonds. The number of hydrogen-bond donors (Lipinski definition) is 1. The number of methoxy groups -OCH3 is 1. The Labute approximate surface area is 97.4 Å². The summed E-state index contributed by atoms with van der Waals surface area (Å²) in [6.45, 7) is 0. The SMILES string of the molecule is COC(=O)C(O)c1ccccc1-n1ccnn1. The molecule has 0 spiro atoms. The molecule has 0 aliphatic rings. The van der Waals surface area contributed by atoms with Gasteiger partial charge in [-0.25, -0.2) is 9.48 Å². The second-order valence-corrected chi connectivity index (χ2v) is 3.33. The Morgan fingerprint density at radius 1 is 1.47 bits per heavy atom. The normalized spacial score (nSPS) is 12.1. The van der Waals surface area contributed by atoms with E-state index in [9.17, 15) is 9.90 Å². The summed E-state index contributed by atoms with van der Waals surface area (Å²) in [4.78, 5) is 11.3. The number of para-hydroxylation sites is 1. The molecule has 6 nitrogen and oxygen atoms in total. The third-order valence-corrected chi connectivity index (χ3v) is 2.33. The lowest BCUT2D eigenvalue weighted by molar-refractivity contribution is -0.150. The van der Waals surface area contributed by atoms with Crippen molar-refractivity contribution in [3.63, 3.8) is 0 Å². The molecule has 1 heterocycles. The van der Waals surface area contributed by atoms with Gasteiger partial charge in [-0.1, -0.05) is 23.4 Å². The minimum atomic E-state index is -1.33. The lowest BCUT2D eigenvalue weighted by atomic mass is 10.1. The van der Waals surface area contributed by atoms with Gasteiger partial charge in [0.05, 0.1) is 25.2 Å². The molecule has 1 N–H and O–H groups in total. The van der Waals surface area contributed by atoms with Crippen molar-refractivity contribution in [2.75, 3.05) is 7.11 Å². The van der Waals surface area contributed by atoms with Gasteiger partial charge in [-0.15, -0.1) is 5.10 Å². The predicted molar refractivity (Wildman–Crippen MR) is 58.3 cm³/mol. The van der Waals surface area contributed by atoms with E-state index in [1.807, 2.05) is 0 Å². The van der Waals surface area contributed by atoms with Gasteiger partial charge >= 0.3 is 5.97 Å². The molecule has 0 saturated heterocycles. The maximum absolute atomic E-state index is 11.3. The summed E-state index contributed by atoms with van der Waals surface area (Å²) >= 11 is 0. The van der Waals surface area contributed by atoms with E-state index in [0.717, 1.165) is 0 Å². The molecule has 0 aliphatic heterocycles. The Bertz CT molecular complexity index is 510. The standard InChI is InChI=1S/C11H11N3O3/c1-17-11(16)10(15)8-4-2-3-5-9(8)14-7-6-12-13-14/h2-7,10,15H,1H3. The van der Waals surface area contributed by atoms with Crippen molar-refractivity contribution >= 4 is 5.97 Å². The second kappa shape index (κ2) is 4.75. The summed E-state index contributed by atoms with van der Waals surface area (Å²) in [5, 5.41) is 17.3. The monoisotopic (exact) mass is 233 g/mol. The summed E-state index contributed by atoms with van der Waals surface area (Å²) in [5.74, 6) is -0.711. The predicted octanol–water partition coefficient (Wildman–Crippen LogP) is 0.474. The Hall–Kier alpha value is -2.21. The molecule has 0 bridgehead atoms. The molecule has 0 radical (unpaired) electrons. The van der Waals surface area contributed by atoms with E-state index in [1.165, 1.54) is 18.0 Å². The zero-order valence-corrected chi connectivity index (χ0v) is 9.15. The molecule has 1 unspecified atom stereocenters. The third kappa shape index (κ3) is 2.16. The maximum atomic E-state index is 11.3. The Morgan fingerprint density at radius 2 is 2.24 bits per heavy atom. The van der Waals surface area contributed by atoms with Crippen LogP contribution in [-0.4, -0.2) is 33.2 Å². The summed E-state index contributed by atoms with van der Waals surface area (Å²) < 4.78 is 5.98. The average Bonchev–Trinajstić information content (AvgIpc) is 2.90. The highest BCUT2D eigenvalue weighted by Gasteiger charge is 2.21. The lowest BCUT2D eigenvalue weighted by Crippen LogP contribution is -2.16. The molecule has 2 rings (SSSR count). The summed E-state index contributed by atoms with van der Waals surface area (Å²) in [7, 11) is 1.23. The zero-order chi connectivity index (χ0) is 12.3. The number of aromatic nitrogens is 3. The van der Waals surface area contributed by atoms with Crippen LogP contribution in [0.25, 0.3) is 5.69 Å². The molecule has 6 heteroatoms. The van der Waals surface area contributed by atoms with Gasteiger partial charge in [0.15, 0.2) is 6.10 Å². The van der Waals surface area contributed by atoms with E-state index in [2.05, 4.69) is 15.0 Å². The third-order valence-electron chi connectivity index (χ3n) is 2.33. The Morgan fingerprint density at radius 3 is 2.88 bits per heavy atom. The molecule has 2 aromatic rings. The molecule has 1 aromatic carbocycles. The molecule has 1 atom stereocenters. The van der Waals surface area contributed by atoms with Crippen molar-refractivity contribution in [1.29, 1.82) is 0 Å². The highest BCUT2D eigenvalue weighted by atomic mass is 16.5. The van der Waals surface area contributed by atoms with Gasteiger partial charge in [0.2, 0.25) is 0 Å². The van der Waals surface area contributed by atoms with Crippen molar-refractivity contribution in [3.8, 4) is 5.69 Å². The second-order valence-electron chi connectivity index (χ2n) is 3.33. The van der Waals surface area contributed by atoms with Crippen LogP contribution in [0.5, 0.6) is 0 Å². The first-order chi connectivity index (χ1) is 8.24. The first kappa shape index (κ1) is 11.3. The Balaban J connectivity index is 2.44. The van der Waals surface area contributed by atoms with Crippen LogP contribution in [0.3, 0.4) is 0 Å². The molecular weight excluding hydrogens is 222 g/mol. The molecular formula is C11H11N3O3. The number of benzene rings is 1. The van der Waals surface area contributed by atoms with E-state index in [-0.39, 0.29) is 0 Å². The number of carbonyl (C=O) groups is 1. The highest BCUT2D eigenvalue weighted by molar-refractivity contribution is 5.77.